The lowest BCUT2D eigenvalue weighted by atomic mass is 9.86. The molecule has 0 spiro atoms. The van der Waals surface area contributed by atoms with Crippen LogP contribution in [0.25, 0.3) is 0 Å². The SMILES string of the molecule is CCn1c(CCC2CCCCC2)nnc1SCC(=O)Nc1ccccc1C(N)=O. The van der Waals surface area contributed by atoms with Crippen LogP contribution in [-0.4, -0.2) is 32.3 Å². The standard InChI is InChI=1S/C21H29N5O2S/c1-2-26-18(13-12-15-8-4-3-5-9-15)24-25-21(26)29-14-19(27)23-17-11-7-6-10-16(17)20(22)28/h6-7,10-11,15H,2-5,8-9,12-14H2,1H3,(H2,22,28)(H,23,27). The quantitative estimate of drug-likeness (QED) is 0.609. The maximum atomic E-state index is 12.4. The zero-order valence-corrected chi connectivity index (χ0v) is 17.7. The van der Waals surface area contributed by atoms with Crippen molar-refractivity contribution in [2.75, 3.05) is 11.1 Å². The Morgan fingerprint density at radius 3 is 2.69 bits per heavy atom. The zero-order valence-electron chi connectivity index (χ0n) is 16.9. The molecule has 0 atom stereocenters. The third-order valence-corrected chi connectivity index (χ3v) is 6.38. The number of nitrogens with one attached hydrogen (secondary N) is 1. The summed E-state index contributed by atoms with van der Waals surface area (Å²) < 4.78 is 2.10. The third-order valence-electron chi connectivity index (χ3n) is 5.41. The molecular weight excluding hydrogens is 386 g/mol. The molecule has 0 radical (unpaired) electrons. The minimum absolute atomic E-state index is 0.188. The first-order chi connectivity index (χ1) is 14.1. The summed E-state index contributed by atoms with van der Waals surface area (Å²) in [6.07, 6.45) is 8.82. The van der Waals surface area contributed by atoms with Crippen LogP contribution in [0.1, 0.15) is 61.6 Å². The van der Waals surface area contributed by atoms with Crippen molar-refractivity contribution in [3.63, 3.8) is 0 Å². The number of primary amides is 1. The summed E-state index contributed by atoms with van der Waals surface area (Å²) in [6, 6.07) is 6.72. The molecule has 7 nitrogen and oxygen atoms in total. The topological polar surface area (TPSA) is 103 Å². The number of thioether (sulfide) groups is 1. The van der Waals surface area contributed by atoms with Crippen LogP contribution in [0.5, 0.6) is 0 Å². The van der Waals surface area contributed by atoms with Gasteiger partial charge in [-0.25, -0.2) is 0 Å². The number of nitrogens with zero attached hydrogens (tertiary/aromatic N) is 3. The van der Waals surface area contributed by atoms with Gasteiger partial charge in [-0.3, -0.25) is 9.59 Å². The van der Waals surface area contributed by atoms with Crippen molar-refractivity contribution in [3.05, 3.63) is 35.7 Å². The van der Waals surface area contributed by atoms with Crippen molar-refractivity contribution in [1.29, 1.82) is 0 Å². The Balaban J connectivity index is 1.55. The average Bonchev–Trinajstić information content (AvgIpc) is 3.13. The van der Waals surface area contributed by atoms with Crippen molar-refractivity contribution in [2.45, 2.75) is 63.6 Å². The molecule has 0 saturated heterocycles. The fourth-order valence-electron chi connectivity index (χ4n) is 3.86. The van der Waals surface area contributed by atoms with E-state index in [0.717, 1.165) is 36.3 Å². The molecule has 2 amide bonds. The van der Waals surface area contributed by atoms with Crippen molar-refractivity contribution < 1.29 is 9.59 Å². The molecule has 1 aliphatic rings. The van der Waals surface area contributed by atoms with Gasteiger partial charge in [-0.2, -0.15) is 0 Å². The van der Waals surface area contributed by atoms with Gasteiger partial charge in [-0.1, -0.05) is 56.0 Å². The number of hydrogen-bond donors (Lipinski definition) is 2. The van der Waals surface area contributed by atoms with Gasteiger partial charge in [0.05, 0.1) is 17.0 Å². The highest BCUT2D eigenvalue weighted by Gasteiger charge is 2.18. The highest BCUT2D eigenvalue weighted by atomic mass is 32.2. The highest BCUT2D eigenvalue weighted by Crippen LogP contribution is 2.28. The molecular formula is C21H29N5O2S. The molecule has 2 aromatic rings. The van der Waals surface area contributed by atoms with Crippen LogP contribution in [0, 0.1) is 5.92 Å². The zero-order chi connectivity index (χ0) is 20.6. The van der Waals surface area contributed by atoms with Crippen molar-refractivity contribution in [3.8, 4) is 0 Å². The van der Waals surface area contributed by atoms with E-state index in [4.69, 9.17) is 5.73 Å². The summed E-state index contributed by atoms with van der Waals surface area (Å²) in [5, 5.41) is 12.2. The van der Waals surface area contributed by atoms with E-state index in [1.807, 2.05) is 0 Å². The monoisotopic (exact) mass is 415 g/mol. The van der Waals surface area contributed by atoms with Crippen molar-refractivity contribution in [2.24, 2.45) is 11.7 Å². The molecule has 156 valence electrons. The fourth-order valence-corrected chi connectivity index (χ4v) is 4.68. The summed E-state index contributed by atoms with van der Waals surface area (Å²) in [6.45, 7) is 2.85. The Hall–Kier alpha value is -2.35. The summed E-state index contributed by atoms with van der Waals surface area (Å²) in [5.41, 5.74) is 6.09. The highest BCUT2D eigenvalue weighted by molar-refractivity contribution is 7.99. The molecule has 3 rings (SSSR count). The first-order valence-corrected chi connectivity index (χ1v) is 11.3. The predicted octanol–water partition coefficient (Wildman–Crippen LogP) is 3.64. The lowest BCUT2D eigenvalue weighted by molar-refractivity contribution is -0.113. The molecule has 29 heavy (non-hydrogen) atoms. The number of aryl methyl sites for hydroxylation is 1. The second-order valence-corrected chi connectivity index (χ2v) is 8.37. The second kappa shape index (κ2) is 10.4. The number of carbonyl (C=O) groups is 2. The summed E-state index contributed by atoms with van der Waals surface area (Å²) in [4.78, 5) is 23.8. The lowest BCUT2D eigenvalue weighted by Crippen LogP contribution is -2.19. The molecule has 0 bridgehead atoms. The van der Waals surface area contributed by atoms with E-state index in [2.05, 4.69) is 27.0 Å². The van der Waals surface area contributed by atoms with Crippen LogP contribution < -0.4 is 11.1 Å². The Labute approximate surface area is 175 Å². The van der Waals surface area contributed by atoms with Gasteiger partial charge in [0, 0.05) is 13.0 Å². The van der Waals surface area contributed by atoms with Crippen LogP contribution in [0.2, 0.25) is 0 Å². The average molecular weight is 416 g/mol. The first kappa shape index (κ1) is 21.4. The Morgan fingerprint density at radius 2 is 1.97 bits per heavy atom. The number of aromatic nitrogens is 3. The number of amides is 2. The minimum atomic E-state index is -0.568. The van der Waals surface area contributed by atoms with E-state index in [0.29, 0.717) is 11.3 Å². The minimum Gasteiger partial charge on any atom is -0.366 e. The maximum Gasteiger partial charge on any atom is 0.250 e. The Morgan fingerprint density at radius 1 is 1.21 bits per heavy atom. The molecule has 1 heterocycles. The van der Waals surface area contributed by atoms with Gasteiger partial charge in [0.1, 0.15) is 5.82 Å². The van der Waals surface area contributed by atoms with Gasteiger partial charge < -0.3 is 15.6 Å². The molecule has 0 unspecified atom stereocenters. The predicted molar refractivity (Wildman–Crippen MR) is 115 cm³/mol. The molecule has 8 heteroatoms. The number of nitrogens with two attached hydrogens (primary N) is 1. The van der Waals surface area contributed by atoms with Crippen LogP contribution in [0.3, 0.4) is 0 Å². The van der Waals surface area contributed by atoms with Crippen LogP contribution in [0.15, 0.2) is 29.4 Å². The van der Waals surface area contributed by atoms with Gasteiger partial charge in [-0.05, 0) is 31.4 Å². The van der Waals surface area contributed by atoms with Gasteiger partial charge in [0.15, 0.2) is 5.16 Å². The van der Waals surface area contributed by atoms with E-state index in [1.165, 1.54) is 43.9 Å². The smallest absolute Gasteiger partial charge is 0.250 e. The number of benzene rings is 1. The number of rotatable bonds is 9. The maximum absolute atomic E-state index is 12.4. The van der Waals surface area contributed by atoms with E-state index in [-0.39, 0.29) is 11.7 Å². The van der Waals surface area contributed by atoms with E-state index in [1.54, 1.807) is 24.3 Å². The molecule has 1 aromatic carbocycles. The van der Waals surface area contributed by atoms with E-state index < -0.39 is 5.91 Å². The van der Waals surface area contributed by atoms with E-state index in [9.17, 15) is 9.59 Å². The summed E-state index contributed by atoms with van der Waals surface area (Å²) in [5.74, 6) is 1.21. The summed E-state index contributed by atoms with van der Waals surface area (Å²) >= 11 is 1.36. The first-order valence-electron chi connectivity index (χ1n) is 10.3. The largest absolute Gasteiger partial charge is 0.366 e. The van der Waals surface area contributed by atoms with Gasteiger partial charge >= 0.3 is 0 Å². The number of para-hydroxylation sites is 1. The number of anilines is 1. The second-order valence-electron chi connectivity index (χ2n) is 7.43. The molecule has 1 aliphatic carbocycles. The Kier molecular flexibility index (Phi) is 7.69. The lowest BCUT2D eigenvalue weighted by Gasteiger charge is -2.21. The van der Waals surface area contributed by atoms with Gasteiger partial charge in [0.2, 0.25) is 5.91 Å². The molecule has 1 saturated carbocycles. The molecule has 1 fully saturated rings. The molecule has 0 aliphatic heterocycles. The van der Waals surface area contributed by atoms with Crippen LogP contribution in [0.4, 0.5) is 5.69 Å². The van der Waals surface area contributed by atoms with Gasteiger partial charge in [0.25, 0.3) is 5.91 Å². The normalized spacial score (nSPS) is 14.7. The fraction of sp³-hybridized carbons (Fsp3) is 0.524. The van der Waals surface area contributed by atoms with Crippen molar-refractivity contribution >= 4 is 29.3 Å². The van der Waals surface area contributed by atoms with Crippen LogP contribution in [-0.2, 0) is 17.8 Å². The third kappa shape index (κ3) is 5.82. The van der Waals surface area contributed by atoms with E-state index >= 15 is 0 Å². The molecule has 1 aromatic heterocycles. The van der Waals surface area contributed by atoms with Gasteiger partial charge in [-0.15, -0.1) is 10.2 Å². The number of carbonyl (C=O) groups excluding carboxylic acids is 2. The van der Waals surface area contributed by atoms with Crippen molar-refractivity contribution in [1.82, 2.24) is 14.8 Å². The number of hydrogen-bond acceptors (Lipinski definition) is 5. The van der Waals surface area contributed by atoms with Crippen LogP contribution >= 0.6 is 11.8 Å². The summed E-state index contributed by atoms with van der Waals surface area (Å²) in [7, 11) is 0. The Bertz CT molecular complexity index is 845. The molecule has 3 N–H and O–H groups in total.